The van der Waals surface area contributed by atoms with Crippen molar-refractivity contribution in [1.82, 2.24) is 5.32 Å². The van der Waals surface area contributed by atoms with E-state index in [4.69, 9.17) is 4.74 Å². The SMILES string of the molecule is COC(=O)C1CSC2CC(c3ccccc3)CCC2N1. The maximum atomic E-state index is 11.6. The molecule has 1 heterocycles. The van der Waals surface area contributed by atoms with Gasteiger partial charge in [-0.2, -0.15) is 11.8 Å². The van der Waals surface area contributed by atoms with Gasteiger partial charge in [0.05, 0.1) is 7.11 Å². The van der Waals surface area contributed by atoms with Gasteiger partial charge in [0.25, 0.3) is 0 Å². The highest BCUT2D eigenvalue weighted by atomic mass is 32.2. The predicted molar refractivity (Wildman–Crippen MR) is 82.0 cm³/mol. The molecule has 4 unspecified atom stereocenters. The maximum Gasteiger partial charge on any atom is 0.323 e. The summed E-state index contributed by atoms with van der Waals surface area (Å²) >= 11 is 1.93. The Balaban J connectivity index is 1.62. The average Bonchev–Trinajstić information content (AvgIpc) is 2.54. The minimum atomic E-state index is -0.125. The number of rotatable bonds is 2. The lowest BCUT2D eigenvalue weighted by molar-refractivity contribution is -0.142. The Morgan fingerprint density at radius 3 is 2.85 bits per heavy atom. The summed E-state index contributed by atoms with van der Waals surface area (Å²) in [6.07, 6.45) is 3.55. The van der Waals surface area contributed by atoms with E-state index in [0.717, 1.165) is 12.2 Å². The summed E-state index contributed by atoms with van der Waals surface area (Å²) in [4.78, 5) is 11.6. The van der Waals surface area contributed by atoms with Crippen molar-refractivity contribution < 1.29 is 9.53 Å². The smallest absolute Gasteiger partial charge is 0.323 e. The summed E-state index contributed by atoms with van der Waals surface area (Å²) in [5.41, 5.74) is 1.46. The molecule has 108 valence electrons. The quantitative estimate of drug-likeness (QED) is 0.850. The lowest BCUT2D eigenvalue weighted by atomic mass is 9.81. The van der Waals surface area contributed by atoms with E-state index in [-0.39, 0.29) is 12.0 Å². The van der Waals surface area contributed by atoms with Crippen LogP contribution in [-0.4, -0.2) is 36.2 Å². The highest BCUT2D eigenvalue weighted by molar-refractivity contribution is 8.00. The van der Waals surface area contributed by atoms with E-state index < -0.39 is 0 Å². The highest BCUT2D eigenvalue weighted by Crippen LogP contribution is 2.40. The van der Waals surface area contributed by atoms with Crippen molar-refractivity contribution in [2.24, 2.45) is 0 Å². The largest absolute Gasteiger partial charge is 0.468 e. The van der Waals surface area contributed by atoms with Crippen LogP contribution in [0.25, 0.3) is 0 Å². The van der Waals surface area contributed by atoms with Gasteiger partial charge in [-0.25, -0.2) is 0 Å². The first-order valence-electron chi connectivity index (χ1n) is 7.28. The van der Waals surface area contributed by atoms with Crippen LogP contribution < -0.4 is 5.32 Å². The molecule has 1 aromatic carbocycles. The van der Waals surface area contributed by atoms with E-state index >= 15 is 0 Å². The van der Waals surface area contributed by atoms with Gasteiger partial charge in [0.15, 0.2) is 0 Å². The Labute approximate surface area is 124 Å². The zero-order valence-electron chi connectivity index (χ0n) is 11.7. The number of methoxy groups -OCH3 is 1. The number of esters is 1. The van der Waals surface area contributed by atoms with Crippen molar-refractivity contribution in [1.29, 1.82) is 0 Å². The average molecular weight is 291 g/mol. The second-order valence-corrected chi connectivity index (χ2v) is 6.91. The molecule has 0 radical (unpaired) electrons. The summed E-state index contributed by atoms with van der Waals surface area (Å²) in [7, 11) is 1.47. The minimum Gasteiger partial charge on any atom is -0.468 e. The molecule has 2 fully saturated rings. The molecule has 1 saturated carbocycles. The van der Waals surface area contributed by atoms with E-state index in [0.29, 0.717) is 17.2 Å². The van der Waals surface area contributed by atoms with Crippen molar-refractivity contribution >= 4 is 17.7 Å². The maximum absolute atomic E-state index is 11.6. The molecular formula is C16H21NO2S. The Bertz CT molecular complexity index is 465. The van der Waals surface area contributed by atoms with E-state index in [2.05, 4.69) is 35.6 Å². The number of fused-ring (bicyclic) bond motifs is 1. The third-order valence-corrected chi connectivity index (χ3v) is 5.92. The Morgan fingerprint density at radius 1 is 1.30 bits per heavy atom. The van der Waals surface area contributed by atoms with Crippen LogP contribution in [0.3, 0.4) is 0 Å². The van der Waals surface area contributed by atoms with E-state index in [1.165, 1.54) is 25.5 Å². The van der Waals surface area contributed by atoms with Gasteiger partial charge in [0.1, 0.15) is 6.04 Å². The third kappa shape index (κ3) is 2.86. The number of ether oxygens (including phenoxy) is 1. The molecule has 1 saturated heterocycles. The number of thioether (sulfide) groups is 1. The molecule has 0 bridgehead atoms. The fourth-order valence-electron chi connectivity index (χ4n) is 3.34. The van der Waals surface area contributed by atoms with Gasteiger partial charge in [-0.05, 0) is 30.7 Å². The molecule has 20 heavy (non-hydrogen) atoms. The molecule has 4 heteroatoms. The molecule has 1 aromatic rings. The molecule has 2 aliphatic rings. The zero-order chi connectivity index (χ0) is 13.9. The minimum absolute atomic E-state index is 0.124. The normalized spacial score (nSPS) is 33.2. The summed E-state index contributed by atoms with van der Waals surface area (Å²) in [5, 5.41) is 4.10. The Kier molecular flexibility index (Phi) is 4.32. The predicted octanol–water partition coefficient (Wildman–Crippen LogP) is 2.57. The van der Waals surface area contributed by atoms with Crippen LogP contribution in [0, 0.1) is 0 Å². The topological polar surface area (TPSA) is 38.3 Å². The van der Waals surface area contributed by atoms with E-state index in [9.17, 15) is 4.79 Å². The number of carbonyl (C=O) groups is 1. The van der Waals surface area contributed by atoms with Crippen LogP contribution in [0.2, 0.25) is 0 Å². The first-order valence-corrected chi connectivity index (χ1v) is 8.33. The van der Waals surface area contributed by atoms with Crippen molar-refractivity contribution in [3.05, 3.63) is 35.9 Å². The molecule has 1 N–H and O–H groups in total. The van der Waals surface area contributed by atoms with Gasteiger partial charge in [0.2, 0.25) is 0 Å². The summed E-state index contributed by atoms with van der Waals surface area (Å²) in [6, 6.07) is 11.1. The first-order chi connectivity index (χ1) is 9.78. The summed E-state index contributed by atoms with van der Waals surface area (Å²) < 4.78 is 4.85. The van der Waals surface area contributed by atoms with Crippen molar-refractivity contribution in [2.45, 2.75) is 42.5 Å². The van der Waals surface area contributed by atoms with Crippen LogP contribution in [0.1, 0.15) is 30.7 Å². The van der Waals surface area contributed by atoms with Crippen LogP contribution >= 0.6 is 11.8 Å². The van der Waals surface area contributed by atoms with Gasteiger partial charge in [-0.3, -0.25) is 10.1 Å². The van der Waals surface area contributed by atoms with Gasteiger partial charge in [-0.1, -0.05) is 30.3 Å². The van der Waals surface area contributed by atoms with Crippen LogP contribution in [0.15, 0.2) is 30.3 Å². The molecule has 0 aromatic heterocycles. The lowest BCUT2D eigenvalue weighted by Gasteiger charge is -2.41. The molecule has 0 spiro atoms. The van der Waals surface area contributed by atoms with Crippen molar-refractivity contribution in [3.8, 4) is 0 Å². The molecule has 0 amide bonds. The zero-order valence-corrected chi connectivity index (χ0v) is 12.6. The van der Waals surface area contributed by atoms with E-state index in [1.54, 1.807) is 0 Å². The number of carbonyl (C=O) groups excluding carboxylic acids is 1. The molecular weight excluding hydrogens is 270 g/mol. The first kappa shape index (κ1) is 14.0. The van der Waals surface area contributed by atoms with E-state index in [1.807, 2.05) is 11.8 Å². The van der Waals surface area contributed by atoms with Gasteiger partial charge >= 0.3 is 5.97 Å². The van der Waals surface area contributed by atoms with Gasteiger partial charge in [0, 0.05) is 17.0 Å². The van der Waals surface area contributed by atoms with Crippen LogP contribution in [-0.2, 0) is 9.53 Å². The van der Waals surface area contributed by atoms with Crippen molar-refractivity contribution in [2.75, 3.05) is 12.9 Å². The van der Waals surface area contributed by atoms with Gasteiger partial charge < -0.3 is 4.74 Å². The molecule has 4 atom stereocenters. The Morgan fingerprint density at radius 2 is 2.10 bits per heavy atom. The lowest BCUT2D eigenvalue weighted by Crippen LogP contribution is -2.55. The fourth-order valence-corrected chi connectivity index (χ4v) is 4.82. The molecule has 1 aliphatic heterocycles. The standard InChI is InChI=1S/C16H21NO2S/c1-19-16(18)14-10-20-15-9-12(7-8-13(15)17-14)11-5-3-2-4-6-11/h2-6,12-15,17H,7-10H2,1H3. The molecule has 1 aliphatic carbocycles. The number of hydrogen-bond donors (Lipinski definition) is 1. The number of hydrogen-bond acceptors (Lipinski definition) is 4. The highest BCUT2D eigenvalue weighted by Gasteiger charge is 2.38. The monoisotopic (exact) mass is 291 g/mol. The van der Waals surface area contributed by atoms with Gasteiger partial charge in [-0.15, -0.1) is 0 Å². The summed E-state index contributed by atoms with van der Waals surface area (Å²) in [5.74, 6) is 1.37. The second-order valence-electron chi connectivity index (χ2n) is 5.64. The van der Waals surface area contributed by atoms with Crippen molar-refractivity contribution in [3.63, 3.8) is 0 Å². The van der Waals surface area contributed by atoms with Crippen LogP contribution in [0.5, 0.6) is 0 Å². The molecule has 3 nitrogen and oxygen atoms in total. The fraction of sp³-hybridized carbons (Fsp3) is 0.562. The second kappa shape index (κ2) is 6.19. The summed E-state index contributed by atoms with van der Waals surface area (Å²) in [6.45, 7) is 0. The number of nitrogens with one attached hydrogen (secondary N) is 1. The van der Waals surface area contributed by atoms with Crippen LogP contribution in [0.4, 0.5) is 0 Å². The molecule has 3 rings (SSSR count). The number of benzene rings is 1. The Hall–Kier alpha value is -1.00. The third-order valence-electron chi connectivity index (χ3n) is 4.44.